The maximum atomic E-state index is 14.0. The van der Waals surface area contributed by atoms with Crippen molar-refractivity contribution in [2.75, 3.05) is 4.61 Å². The molecule has 0 saturated heterocycles. The van der Waals surface area contributed by atoms with E-state index < -0.39 is 11.6 Å². The van der Waals surface area contributed by atoms with Crippen LogP contribution in [0, 0.1) is 0 Å². The monoisotopic (exact) mass is 650 g/mol. The number of aliphatic imine (C=N–C) groups is 1. The van der Waals surface area contributed by atoms with Crippen LogP contribution in [-0.4, -0.2) is 21.3 Å². The van der Waals surface area contributed by atoms with Gasteiger partial charge < -0.3 is 9.64 Å². The summed E-state index contributed by atoms with van der Waals surface area (Å²) in [6.07, 6.45) is 0. The first kappa shape index (κ1) is 24.7. The molecule has 0 aliphatic carbocycles. The van der Waals surface area contributed by atoms with Gasteiger partial charge in [0.25, 0.3) is 0 Å². The number of halogens is 2. The van der Waals surface area contributed by atoms with Crippen molar-refractivity contribution in [3.8, 4) is 0 Å². The molecule has 0 amide bonds. The van der Waals surface area contributed by atoms with Gasteiger partial charge in [-0.1, -0.05) is 119 Å². The van der Waals surface area contributed by atoms with Crippen LogP contribution in [-0.2, 0) is 21.6 Å². The first-order chi connectivity index (χ1) is 17.6. The van der Waals surface area contributed by atoms with Crippen molar-refractivity contribution in [3.63, 3.8) is 0 Å². The Morgan fingerprint density at radius 2 is 1.44 bits per heavy atom. The van der Waals surface area contributed by atoms with Crippen molar-refractivity contribution in [2.24, 2.45) is 4.99 Å². The fourth-order valence-corrected chi connectivity index (χ4v) is 5.36. The van der Waals surface area contributed by atoms with Gasteiger partial charge in [0, 0.05) is 16.6 Å². The number of nitrogens with zero attached hydrogens (tertiary/aromatic N) is 2. The summed E-state index contributed by atoms with van der Waals surface area (Å²) in [6.45, 7) is 0.576. The second kappa shape index (κ2) is 11.0. The molecule has 0 aromatic heterocycles. The number of hydrogen-bond donors (Lipinski definition) is 0. The fourth-order valence-electron chi connectivity index (χ4n) is 4.82. The van der Waals surface area contributed by atoms with Crippen LogP contribution >= 0.6 is 38.5 Å². The number of esters is 1. The number of carbonyl (C=O) groups excluding carboxylic acids is 1. The highest BCUT2D eigenvalue weighted by molar-refractivity contribution is 14.1. The number of rotatable bonds is 7. The van der Waals surface area contributed by atoms with Crippen LogP contribution in [0.2, 0.25) is 0 Å². The normalized spacial score (nSPS) is 19.1. The van der Waals surface area contributed by atoms with Gasteiger partial charge in [-0.3, -0.25) is 0 Å². The second-order valence-electron chi connectivity index (χ2n) is 8.54. The highest BCUT2D eigenvalue weighted by Crippen LogP contribution is 2.50. The third-order valence-corrected chi connectivity index (χ3v) is 7.23. The lowest BCUT2D eigenvalue weighted by molar-refractivity contribution is -0.149. The summed E-state index contributed by atoms with van der Waals surface area (Å²) < 4.78 is 7.01. The Morgan fingerprint density at radius 1 is 0.861 bits per heavy atom. The number of amidine groups is 1. The molecule has 36 heavy (non-hydrogen) atoms. The van der Waals surface area contributed by atoms with Crippen molar-refractivity contribution in [1.29, 1.82) is 0 Å². The highest BCUT2D eigenvalue weighted by atomic mass is 127. The van der Waals surface area contributed by atoms with E-state index in [2.05, 4.69) is 67.7 Å². The van der Waals surface area contributed by atoms with E-state index in [1.165, 1.54) is 0 Å². The molecular weight excluding hydrogens is 627 g/mol. The molecule has 180 valence electrons. The lowest BCUT2D eigenvalue weighted by Gasteiger charge is -2.37. The molecule has 0 N–H and O–H groups in total. The van der Waals surface area contributed by atoms with Gasteiger partial charge in [-0.25, -0.2) is 9.79 Å². The van der Waals surface area contributed by atoms with Crippen molar-refractivity contribution in [3.05, 3.63) is 142 Å². The van der Waals surface area contributed by atoms with E-state index in [0.717, 1.165) is 32.6 Å². The molecule has 0 fully saturated rings. The van der Waals surface area contributed by atoms with Gasteiger partial charge in [0.1, 0.15) is 10.4 Å². The quantitative estimate of drug-likeness (QED) is 0.120. The summed E-state index contributed by atoms with van der Waals surface area (Å²) in [5.41, 5.74) is 2.61. The zero-order valence-corrected chi connectivity index (χ0v) is 23.2. The minimum Gasteiger partial charge on any atom is -0.453 e. The summed E-state index contributed by atoms with van der Waals surface area (Å²) in [4.78, 5) is 21.5. The Bertz CT molecular complexity index is 1350. The number of benzene rings is 4. The summed E-state index contributed by atoms with van der Waals surface area (Å²) in [5.74, 6) is 0.408. The van der Waals surface area contributed by atoms with Crippen LogP contribution in [0.3, 0.4) is 0 Å². The second-order valence-corrected chi connectivity index (χ2v) is 10.1. The van der Waals surface area contributed by atoms with Crippen molar-refractivity contribution in [1.82, 2.24) is 4.90 Å². The molecule has 4 nitrogen and oxygen atoms in total. The smallest absolute Gasteiger partial charge is 0.342 e. The summed E-state index contributed by atoms with van der Waals surface area (Å²) in [7, 11) is 0. The zero-order chi connectivity index (χ0) is 25.0. The summed E-state index contributed by atoms with van der Waals surface area (Å²) in [5, 5.41) is 0. The average Bonchev–Trinajstić information content (AvgIpc) is 3.27. The summed E-state index contributed by atoms with van der Waals surface area (Å²) in [6, 6.07) is 37.9. The lowest BCUT2D eigenvalue weighted by Crippen LogP contribution is -2.44. The third-order valence-electron chi connectivity index (χ3n) is 6.39. The van der Waals surface area contributed by atoms with Gasteiger partial charge >= 0.3 is 5.97 Å². The number of hydrogen-bond acceptors (Lipinski definition) is 4. The fraction of sp³-hybridized carbons (Fsp3) is 0.133. The van der Waals surface area contributed by atoms with E-state index in [9.17, 15) is 4.79 Å². The topological polar surface area (TPSA) is 41.9 Å². The van der Waals surface area contributed by atoms with Crippen molar-refractivity contribution < 1.29 is 9.53 Å². The molecule has 0 bridgehead atoms. The van der Waals surface area contributed by atoms with Gasteiger partial charge in [-0.05, 0) is 51.4 Å². The van der Waals surface area contributed by atoms with Gasteiger partial charge in [-0.15, -0.1) is 0 Å². The maximum absolute atomic E-state index is 14.0. The van der Waals surface area contributed by atoms with Crippen LogP contribution in [0.1, 0.15) is 28.3 Å². The molecule has 0 radical (unpaired) electrons. The van der Waals surface area contributed by atoms with Crippen LogP contribution in [0.4, 0.5) is 0 Å². The molecule has 6 heteroatoms. The molecule has 0 saturated carbocycles. The number of alkyl halides is 1. The molecule has 2 atom stereocenters. The van der Waals surface area contributed by atoms with Crippen LogP contribution in [0.15, 0.2) is 125 Å². The Morgan fingerprint density at radius 3 is 2.06 bits per heavy atom. The van der Waals surface area contributed by atoms with Crippen LogP contribution in [0.25, 0.3) is 0 Å². The van der Waals surface area contributed by atoms with Crippen molar-refractivity contribution >= 4 is 50.3 Å². The third kappa shape index (κ3) is 4.72. The summed E-state index contributed by atoms with van der Waals surface area (Å²) >= 11 is 5.61. The van der Waals surface area contributed by atoms with Crippen LogP contribution < -0.4 is 0 Å². The first-order valence-corrected chi connectivity index (χ1v) is 14.0. The number of ether oxygens (including phenoxy) is 1. The molecule has 4 aromatic carbocycles. The minimum absolute atomic E-state index is 0.246. The van der Waals surface area contributed by atoms with Gasteiger partial charge in [-0.2, -0.15) is 0 Å². The average molecular weight is 651 g/mol. The molecule has 1 aliphatic rings. The van der Waals surface area contributed by atoms with E-state index in [-0.39, 0.29) is 10.6 Å². The van der Waals surface area contributed by atoms with Gasteiger partial charge in [0.15, 0.2) is 0 Å². The predicted molar refractivity (Wildman–Crippen MR) is 155 cm³/mol. The molecule has 1 heterocycles. The van der Waals surface area contributed by atoms with E-state index in [1.54, 1.807) is 0 Å². The Hall–Kier alpha value is -2.97. The Balaban J connectivity index is 1.78. The lowest BCUT2D eigenvalue weighted by atomic mass is 9.79. The van der Waals surface area contributed by atoms with E-state index in [4.69, 9.17) is 9.73 Å². The zero-order valence-electron chi connectivity index (χ0n) is 19.4. The first-order valence-electron chi connectivity index (χ1n) is 11.6. The predicted octanol–water partition coefficient (Wildman–Crippen LogP) is 7.28. The molecular formula is C30H24BrIN2O2. The van der Waals surface area contributed by atoms with E-state index in [1.807, 2.05) is 91.0 Å². The molecule has 5 rings (SSSR count). The SMILES string of the molecule is O=C(OCI)C1(c2ccccc2)N=C(c2ccccc2)N(Cc2ccc(Br)cc2)C1c1ccccc1. The molecule has 4 aromatic rings. The van der Waals surface area contributed by atoms with E-state index >= 15 is 0 Å². The Labute approximate surface area is 233 Å². The minimum atomic E-state index is -1.27. The van der Waals surface area contributed by atoms with Crippen LogP contribution in [0.5, 0.6) is 0 Å². The molecule has 2 unspecified atom stereocenters. The molecule has 0 spiro atoms. The van der Waals surface area contributed by atoms with Gasteiger partial charge in [0.05, 0.1) is 6.04 Å². The highest BCUT2D eigenvalue weighted by Gasteiger charge is 2.57. The maximum Gasteiger partial charge on any atom is 0.342 e. The number of carbonyl (C=O) groups is 1. The standard InChI is InChI=1S/C30H24BrIN2O2/c31-26-18-16-22(17-19-26)20-34-27(23-10-4-1-5-11-23)30(29(35)36-21-32,25-14-8-3-9-15-25)33-28(34)24-12-6-2-7-13-24/h1-19,27H,20-21H2. The van der Waals surface area contributed by atoms with Gasteiger partial charge in [0.2, 0.25) is 5.54 Å². The Kier molecular flexibility index (Phi) is 7.53. The van der Waals surface area contributed by atoms with Crippen molar-refractivity contribution in [2.45, 2.75) is 18.1 Å². The largest absolute Gasteiger partial charge is 0.453 e. The van der Waals surface area contributed by atoms with E-state index in [0.29, 0.717) is 6.54 Å². The molecule has 1 aliphatic heterocycles.